The second-order valence-corrected chi connectivity index (χ2v) is 3.78. The second-order valence-electron chi connectivity index (χ2n) is 2.93. The highest BCUT2D eigenvalue weighted by atomic mass is 79.9. The van der Waals surface area contributed by atoms with E-state index in [1.807, 2.05) is 31.2 Å². The van der Waals surface area contributed by atoms with Crippen LogP contribution in [0, 0.1) is 11.3 Å². The Bertz CT molecular complexity index is 332. The highest BCUT2D eigenvalue weighted by Crippen LogP contribution is 2.17. The van der Waals surface area contributed by atoms with Crippen molar-refractivity contribution >= 4 is 15.9 Å². The maximum absolute atomic E-state index is 8.69. The summed E-state index contributed by atoms with van der Waals surface area (Å²) < 4.78 is 6.44. The minimum absolute atomic E-state index is 0.304. The summed E-state index contributed by atoms with van der Waals surface area (Å²) in [6, 6.07) is 9.96. The molecular formula is C11H12BrNO. The molecule has 0 aliphatic heterocycles. The molecule has 0 fully saturated rings. The van der Waals surface area contributed by atoms with Crippen molar-refractivity contribution in [3.8, 4) is 6.07 Å². The number of nitrogens with zero attached hydrogens (tertiary/aromatic N) is 1. The SMILES string of the molecule is CCC(C#N)OCc1ccccc1Br. The normalized spacial score (nSPS) is 12.1. The van der Waals surface area contributed by atoms with Gasteiger partial charge in [-0.25, -0.2) is 0 Å². The standard InChI is InChI=1S/C11H12BrNO/c1-2-10(7-13)14-8-9-5-3-4-6-11(9)12/h3-6,10H,2,8H2,1H3. The molecule has 1 unspecified atom stereocenters. The molecule has 0 heterocycles. The van der Waals surface area contributed by atoms with Gasteiger partial charge in [0.1, 0.15) is 6.10 Å². The summed E-state index contributed by atoms with van der Waals surface area (Å²) in [6.07, 6.45) is 0.420. The Balaban J connectivity index is 2.54. The topological polar surface area (TPSA) is 33.0 Å². The molecule has 74 valence electrons. The molecule has 0 N–H and O–H groups in total. The lowest BCUT2D eigenvalue weighted by atomic mass is 10.2. The minimum Gasteiger partial charge on any atom is -0.359 e. The van der Waals surface area contributed by atoms with Crippen LogP contribution in [-0.4, -0.2) is 6.10 Å². The summed E-state index contributed by atoms with van der Waals surface area (Å²) in [5.74, 6) is 0. The third kappa shape index (κ3) is 3.13. The summed E-state index contributed by atoms with van der Waals surface area (Å²) >= 11 is 3.43. The highest BCUT2D eigenvalue weighted by Gasteiger charge is 2.05. The first kappa shape index (κ1) is 11.2. The van der Waals surface area contributed by atoms with E-state index in [0.717, 1.165) is 16.5 Å². The maximum Gasteiger partial charge on any atom is 0.144 e. The third-order valence-electron chi connectivity index (χ3n) is 1.91. The van der Waals surface area contributed by atoms with Crippen LogP contribution in [0.3, 0.4) is 0 Å². The average Bonchev–Trinajstić information content (AvgIpc) is 2.22. The Morgan fingerprint density at radius 1 is 1.50 bits per heavy atom. The molecular weight excluding hydrogens is 242 g/mol. The zero-order chi connectivity index (χ0) is 10.4. The average molecular weight is 254 g/mol. The third-order valence-corrected chi connectivity index (χ3v) is 2.69. The molecule has 0 aromatic heterocycles. The van der Waals surface area contributed by atoms with Gasteiger partial charge in [0.05, 0.1) is 12.7 Å². The summed E-state index contributed by atoms with van der Waals surface area (Å²) in [5, 5.41) is 8.69. The van der Waals surface area contributed by atoms with E-state index in [2.05, 4.69) is 22.0 Å². The van der Waals surface area contributed by atoms with Crippen molar-refractivity contribution in [1.29, 1.82) is 5.26 Å². The number of hydrogen-bond acceptors (Lipinski definition) is 2. The quantitative estimate of drug-likeness (QED) is 0.826. The Morgan fingerprint density at radius 2 is 2.21 bits per heavy atom. The number of ether oxygens (including phenoxy) is 1. The number of rotatable bonds is 4. The largest absolute Gasteiger partial charge is 0.359 e. The number of halogens is 1. The van der Waals surface area contributed by atoms with Crippen LogP contribution in [0.2, 0.25) is 0 Å². The molecule has 3 heteroatoms. The molecule has 0 radical (unpaired) electrons. The Kier molecular flexibility index (Phi) is 4.64. The first-order valence-electron chi connectivity index (χ1n) is 4.52. The lowest BCUT2D eigenvalue weighted by Gasteiger charge is -2.09. The number of hydrogen-bond donors (Lipinski definition) is 0. The van der Waals surface area contributed by atoms with Gasteiger partial charge in [0.2, 0.25) is 0 Å². The van der Waals surface area contributed by atoms with Gasteiger partial charge >= 0.3 is 0 Å². The van der Waals surface area contributed by atoms with Crippen LogP contribution in [0.4, 0.5) is 0 Å². The predicted octanol–water partition coefficient (Wildman–Crippen LogP) is 3.27. The maximum atomic E-state index is 8.69. The first-order chi connectivity index (χ1) is 6.77. The number of benzene rings is 1. The van der Waals surface area contributed by atoms with Gasteiger partial charge in [-0.1, -0.05) is 41.1 Å². The summed E-state index contributed by atoms with van der Waals surface area (Å²) in [6.45, 7) is 2.42. The van der Waals surface area contributed by atoms with E-state index in [0.29, 0.717) is 6.61 Å². The highest BCUT2D eigenvalue weighted by molar-refractivity contribution is 9.10. The molecule has 0 saturated carbocycles. The van der Waals surface area contributed by atoms with E-state index in [-0.39, 0.29) is 6.10 Å². The molecule has 1 aromatic rings. The lowest BCUT2D eigenvalue weighted by molar-refractivity contribution is 0.0741. The molecule has 0 bridgehead atoms. The molecule has 1 rings (SSSR count). The van der Waals surface area contributed by atoms with Gasteiger partial charge in [0, 0.05) is 4.47 Å². The lowest BCUT2D eigenvalue weighted by Crippen LogP contribution is -2.08. The van der Waals surface area contributed by atoms with Crippen molar-refractivity contribution in [2.24, 2.45) is 0 Å². The van der Waals surface area contributed by atoms with E-state index < -0.39 is 0 Å². The van der Waals surface area contributed by atoms with Gasteiger partial charge in [0.25, 0.3) is 0 Å². The summed E-state index contributed by atoms with van der Waals surface area (Å²) in [7, 11) is 0. The van der Waals surface area contributed by atoms with Crippen LogP contribution in [0.5, 0.6) is 0 Å². The molecule has 14 heavy (non-hydrogen) atoms. The second kappa shape index (κ2) is 5.79. The fourth-order valence-corrected chi connectivity index (χ4v) is 1.45. The van der Waals surface area contributed by atoms with Crippen molar-refractivity contribution in [2.75, 3.05) is 0 Å². The van der Waals surface area contributed by atoms with E-state index in [1.165, 1.54) is 0 Å². The van der Waals surface area contributed by atoms with Crippen LogP contribution >= 0.6 is 15.9 Å². The van der Waals surface area contributed by atoms with E-state index in [9.17, 15) is 0 Å². The molecule has 0 spiro atoms. The molecule has 0 amide bonds. The van der Waals surface area contributed by atoms with Crippen LogP contribution in [0.15, 0.2) is 28.7 Å². The monoisotopic (exact) mass is 253 g/mol. The van der Waals surface area contributed by atoms with Crippen LogP contribution in [-0.2, 0) is 11.3 Å². The van der Waals surface area contributed by atoms with Crippen LogP contribution in [0.1, 0.15) is 18.9 Å². The Hall–Kier alpha value is -0.850. The van der Waals surface area contributed by atoms with Crippen molar-refractivity contribution in [3.63, 3.8) is 0 Å². The van der Waals surface area contributed by atoms with E-state index in [1.54, 1.807) is 0 Å². The van der Waals surface area contributed by atoms with E-state index >= 15 is 0 Å². The molecule has 0 saturated heterocycles. The van der Waals surface area contributed by atoms with Crippen molar-refractivity contribution in [1.82, 2.24) is 0 Å². The molecule has 0 aliphatic rings. The summed E-state index contributed by atoms with van der Waals surface area (Å²) in [4.78, 5) is 0. The van der Waals surface area contributed by atoms with Crippen LogP contribution in [0.25, 0.3) is 0 Å². The van der Waals surface area contributed by atoms with Gasteiger partial charge in [-0.15, -0.1) is 0 Å². The zero-order valence-electron chi connectivity index (χ0n) is 8.03. The molecule has 2 nitrogen and oxygen atoms in total. The fourth-order valence-electron chi connectivity index (χ4n) is 1.05. The first-order valence-corrected chi connectivity index (χ1v) is 5.31. The van der Waals surface area contributed by atoms with Crippen LogP contribution < -0.4 is 0 Å². The Labute approximate surface area is 92.6 Å². The fraction of sp³-hybridized carbons (Fsp3) is 0.364. The van der Waals surface area contributed by atoms with Gasteiger partial charge < -0.3 is 4.74 Å². The van der Waals surface area contributed by atoms with Gasteiger partial charge in [-0.05, 0) is 18.1 Å². The molecule has 0 aliphatic carbocycles. The van der Waals surface area contributed by atoms with Crippen molar-refractivity contribution in [3.05, 3.63) is 34.3 Å². The molecule has 1 atom stereocenters. The minimum atomic E-state index is -0.304. The summed E-state index contributed by atoms with van der Waals surface area (Å²) in [5.41, 5.74) is 1.07. The predicted molar refractivity (Wildman–Crippen MR) is 58.6 cm³/mol. The van der Waals surface area contributed by atoms with Gasteiger partial charge in [-0.3, -0.25) is 0 Å². The smallest absolute Gasteiger partial charge is 0.144 e. The van der Waals surface area contributed by atoms with E-state index in [4.69, 9.17) is 10.00 Å². The Morgan fingerprint density at radius 3 is 2.79 bits per heavy atom. The zero-order valence-corrected chi connectivity index (χ0v) is 9.62. The van der Waals surface area contributed by atoms with Gasteiger partial charge in [-0.2, -0.15) is 5.26 Å². The van der Waals surface area contributed by atoms with Crippen molar-refractivity contribution < 1.29 is 4.74 Å². The molecule has 1 aromatic carbocycles. The van der Waals surface area contributed by atoms with Gasteiger partial charge in [0.15, 0.2) is 0 Å². The number of nitriles is 1. The van der Waals surface area contributed by atoms with Crippen molar-refractivity contribution in [2.45, 2.75) is 26.1 Å².